The molecule has 5 heteroatoms. The molecule has 1 aromatic carbocycles. The molecular weight excluding hydrogens is 234 g/mol. The largest absolute Gasteiger partial charge is 0.480 e. The Hall–Kier alpha value is -2.01. The summed E-state index contributed by atoms with van der Waals surface area (Å²) < 4.78 is 0. The second-order valence-corrected chi connectivity index (χ2v) is 4.15. The number of carboxylic acids is 1. The van der Waals surface area contributed by atoms with Gasteiger partial charge in [-0.2, -0.15) is 0 Å². The summed E-state index contributed by atoms with van der Waals surface area (Å²) in [6, 6.07) is 5.50. The van der Waals surface area contributed by atoms with Crippen molar-refractivity contribution in [2.75, 3.05) is 0 Å². The van der Waals surface area contributed by atoms with Crippen molar-refractivity contribution in [2.24, 2.45) is 5.73 Å². The topological polar surface area (TPSA) is 97.5 Å². The van der Waals surface area contributed by atoms with Crippen LogP contribution in [-0.2, 0) is 16.0 Å². The molecule has 0 aliphatic rings. The number of hydrogen-bond donors (Lipinski definition) is 2. The van der Waals surface area contributed by atoms with Crippen molar-refractivity contribution >= 4 is 17.5 Å². The molecule has 0 saturated heterocycles. The maximum atomic E-state index is 11.6. The summed E-state index contributed by atoms with van der Waals surface area (Å²) in [7, 11) is 0. The highest BCUT2D eigenvalue weighted by Crippen LogP contribution is 2.09. The highest BCUT2D eigenvalue weighted by atomic mass is 16.4. The Morgan fingerprint density at radius 3 is 2.22 bits per heavy atom. The van der Waals surface area contributed by atoms with Crippen LogP contribution in [0.1, 0.15) is 29.3 Å². The molecule has 1 atom stereocenters. The van der Waals surface area contributed by atoms with Crippen LogP contribution in [0.5, 0.6) is 0 Å². The fourth-order valence-corrected chi connectivity index (χ4v) is 1.50. The Balaban J connectivity index is 2.71. The number of benzene rings is 1. The van der Waals surface area contributed by atoms with Gasteiger partial charge in [-0.1, -0.05) is 24.3 Å². The molecule has 0 unspecified atom stereocenters. The Bertz CT molecular complexity index is 464. The molecule has 5 nitrogen and oxygen atoms in total. The Morgan fingerprint density at radius 1 is 1.22 bits per heavy atom. The van der Waals surface area contributed by atoms with E-state index in [0.717, 1.165) is 5.56 Å². The van der Waals surface area contributed by atoms with Crippen LogP contribution in [0.25, 0.3) is 0 Å². The third kappa shape index (κ3) is 4.10. The minimum absolute atomic E-state index is 0.117. The molecule has 0 amide bonds. The molecular formula is C13H15NO4. The molecule has 0 radical (unpaired) electrons. The zero-order valence-electron chi connectivity index (χ0n) is 10.1. The van der Waals surface area contributed by atoms with Gasteiger partial charge in [-0.25, -0.2) is 0 Å². The monoisotopic (exact) mass is 249 g/mol. The Morgan fingerprint density at radius 2 is 1.78 bits per heavy atom. The molecule has 0 aromatic heterocycles. The molecule has 3 N–H and O–H groups in total. The smallest absolute Gasteiger partial charge is 0.320 e. The van der Waals surface area contributed by atoms with Crippen LogP contribution < -0.4 is 5.73 Å². The molecule has 0 fully saturated rings. The van der Waals surface area contributed by atoms with Crippen molar-refractivity contribution in [2.45, 2.75) is 25.8 Å². The fourth-order valence-electron chi connectivity index (χ4n) is 1.50. The molecule has 96 valence electrons. The van der Waals surface area contributed by atoms with Crippen LogP contribution in [0.15, 0.2) is 24.3 Å². The third-order valence-corrected chi connectivity index (χ3v) is 2.46. The van der Waals surface area contributed by atoms with E-state index in [1.807, 2.05) is 0 Å². The van der Waals surface area contributed by atoms with Gasteiger partial charge in [-0.15, -0.1) is 0 Å². The highest BCUT2D eigenvalue weighted by molar-refractivity contribution is 6.07. The van der Waals surface area contributed by atoms with E-state index in [2.05, 4.69) is 0 Å². The van der Waals surface area contributed by atoms with Crippen molar-refractivity contribution in [1.82, 2.24) is 0 Å². The summed E-state index contributed by atoms with van der Waals surface area (Å²) in [6.45, 7) is 1.36. The van der Waals surface area contributed by atoms with Crippen molar-refractivity contribution < 1.29 is 19.5 Å². The number of ketones is 2. The van der Waals surface area contributed by atoms with Gasteiger partial charge in [0.1, 0.15) is 11.8 Å². The van der Waals surface area contributed by atoms with E-state index < -0.39 is 12.0 Å². The number of Topliss-reactive ketones (excluding diaryl/α,β-unsaturated/α-hetero) is 2. The van der Waals surface area contributed by atoms with E-state index in [1.54, 1.807) is 24.3 Å². The molecule has 0 aliphatic heterocycles. The van der Waals surface area contributed by atoms with Gasteiger partial charge in [-0.05, 0) is 18.9 Å². The molecule has 1 rings (SSSR count). The number of carbonyl (C=O) groups excluding carboxylic acids is 2. The van der Waals surface area contributed by atoms with E-state index in [9.17, 15) is 14.4 Å². The van der Waals surface area contributed by atoms with Gasteiger partial charge in [-0.3, -0.25) is 14.4 Å². The molecule has 18 heavy (non-hydrogen) atoms. The van der Waals surface area contributed by atoms with Crippen LogP contribution in [0.4, 0.5) is 0 Å². The number of nitrogens with two attached hydrogens (primary N) is 1. The first-order chi connectivity index (χ1) is 8.40. The second kappa shape index (κ2) is 6.07. The average molecular weight is 249 g/mol. The number of hydrogen-bond acceptors (Lipinski definition) is 4. The normalized spacial score (nSPS) is 11.9. The van der Waals surface area contributed by atoms with Gasteiger partial charge in [0.15, 0.2) is 5.78 Å². The SMILES string of the molecule is CC(=O)CC(=O)c1ccc(C[C@H](N)C(=O)O)cc1. The summed E-state index contributed by atoms with van der Waals surface area (Å²) in [5, 5.41) is 8.67. The summed E-state index contributed by atoms with van der Waals surface area (Å²) >= 11 is 0. The van der Waals surface area contributed by atoms with Gasteiger partial charge in [0.25, 0.3) is 0 Å². The lowest BCUT2D eigenvalue weighted by Gasteiger charge is -2.06. The van der Waals surface area contributed by atoms with E-state index in [0.29, 0.717) is 5.56 Å². The number of carbonyl (C=O) groups is 3. The minimum Gasteiger partial charge on any atom is -0.480 e. The summed E-state index contributed by atoms with van der Waals surface area (Å²) in [6.07, 6.45) is 0.0878. The quantitative estimate of drug-likeness (QED) is 0.574. The summed E-state index contributed by atoms with van der Waals surface area (Å²) in [5.74, 6) is -1.49. The average Bonchev–Trinajstić information content (AvgIpc) is 2.28. The molecule has 0 saturated carbocycles. The first kappa shape index (κ1) is 14.1. The lowest BCUT2D eigenvalue weighted by atomic mass is 10.0. The van der Waals surface area contributed by atoms with Crippen LogP contribution in [0.2, 0.25) is 0 Å². The van der Waals surface area contributed by atoms with E-state index in [-0.39, 0.29) is 24.4 Å². The summed E-state index contributed by atoms with van der Waals surface area (Å²) in [5.41, 5.74) is 6.58. The molecule has 1 aromatic rings. The minimum atomic E-state index is -1.06. The van der Waals surface area contributed by atoms with Gasteiger partial charge >= 0.3 is 5.97 Å². The lowest BCUT2D eigenvalue weighted by molar-refractivity contribution is -0.138. The number of carboxylic acid groups (broad SMARTS) is 1. The van der Waals surface area contributed by atoms with Crippen molar-refractivity contribution in [3.63, 3.8) is 0 Å². The van der Waals surface area contributed by atoms with Gasteiger partial charge in [0.2, 0.25) is 0 Å². The lowest BCUT2D eigenvalue weighted by Crippen LogP contribution is -2.32. The Labute approximate surface area is 105 Å². The van der Waals surface area contributed by atoms with Crippen molar-refractivity contribution in [1.29, 1.82) is 0 Å². The van der Waals surface area contributed by atoms with Crippen LogP contribution in [-0.4, -0.2) is 28.7 Å². The second-order valence-electron chi connectivity index (χ2n) is 4.15. The molecule has 0 aliphatic carbocycles. The molecule has 0 heterocycles. The van der Waals surface area contributed by atoms with Crippen LogP contribution in [0, 0.1) is 0 Å². The first-order valence-electron chi connectivity index (χ1n) is 5.50. The Kier molecular flexibility index (Phi) is 4.74. The number of aliphatic carboxylic acids is 1. The standard InChI is InChI=1S/C13H15NO4/c1-8(15)6-12(16)10-4-2-9(3-5-10)7-11(14)13(17)18/h2-5,11H,6-7,14H2,1H3,(H,17,18)/t11-/m0/s1. The molecule has 0 bridgehead atoms. The first-order valence-corrected chi connectivity index (χ1v) is 5.50. The highest BCUT2D eigenvalue weighted by Gasteiger charge is 2.13. The maximum absolute atomic E-state index is 11.6. The van der Waals surface area contributed by atoms with E-state index >= 15 is 0 Å². The number of rotatable bonds is 6. The summed E-state index contributed by atoms with van der Waals surface area (Å²) in [4.78, 5) is 33.0. The zero-order chi connectivity index (χ0) is 13.7. The predicted octanol–water partition coefficient (Wildman–Crippen LogP) is 0.803. The fraction of sp³-hybridized carbons (Fsp3) is 0.308. The predicted molar refractivity (Wildman–Crippen MR) is 65.4 cm³/mol. The van der Waals surface area contributed by atoms with Crippen LogP contribution in [0.3, 0.4) is 0 Å². The van der Waals surface area contributed by atoms with Crippen LogP contribution >= 0.6 is 0 Å². The molecule has 0 spiro atoms. The van der Waals surface area contributed by atoms with E-state index in [1.165, 1.54) is 6.92 Å². The van der Waals surface area contributed by atoms with Gasteiger partial charge in [0.05, 0.1) is 6.42 Å². The van der Waals surface area contributed by atoms with E-state index in [4.69, 9.17) is 10.8 Å². The maximum Gasteiger partial charge on any atom is 0.320 e. The zero-order valence-corrected chi connectivity index (χ0v) is 10.1. The third-order valence-electron chi connectivity index (χ3n) is 2.46. The van der Waals surface area contributed by atoms with Crippen molar-refractivity contribution in [3.8, 4) is 0 Å². The van der Waals surface area contributed by atoms with Gasteiger partial charge < -0.3 is 10.8 Å². The van der Waals surface area contributed by atoms with Gasteiger partial charge in [0, 0.05) is 5.56 Å². The van der Waals surface area contributed by atoms with Crippen molar-refractivity contribution in [3.05, 3.63) is 35.4 Å².